The summed E-state index contributed by atoms with van der Waals surface area (Å²) in [6.45, 7) is 4.11. The Labute approximate surface area is 102 Å². The molecular formula is C9H14BrN3OS. The molecule has 1 rings (SSSR count). The molecule has 84 valence electrons. The van der Waals surface area contributed by atoms with Gasteiger partial charge in [-0.25, -0.2) is 0 Å². The fourth-order valence-corrected chi connectivity index (χ4v) is 2.42. The van der Waals surface area contributed by atoms with Gasteiger partial charge < -0.3 is 5.32 Å². The maximum atomic E-state index is 11.8. The van der Waals surface area contributed by atoms with E-state index in [2.05, 4.69) is 37.8 Å². The molecule has 1 aromatic rings. The van der Waals surface area contributed by atoms with Crippen LogP contribution < -0.4 is 5.32 Å². The van der Waals surface area contributed by atoms with Crippen molar-refractivity contribution < 1.29 is 4.79 Å². The molecule has 0 aliphatic heterocycles. The van der Waals surface area contributed by atoms with Crippen molar-refractivity contribution >= 4 is 33.4 Å². The number of rotatable bonds is 5. The SMILES string of the molecule is CCC(C)(CCBr)NC(=O)c1cnns1. The van der Waals surface area contributed by atoms with Gasteiger partial charge in [0.25, 0.3) is 5.91 Å². The van der Waals surface area contributed by atoms with Gasteiger partial charge in [-0.2, -0.15) is 0 Å². The first-order valence-corrected chi connectivity index (χ1v) is 6.66. The van der Waals surface area contributed by atoms with E-state index in [4.69, 9.17) is 0 Å². The number of amides is 1. The summed E-state index contributed by atoms with van der Waals surface area (Å²) >= 11 is 4.51. The summed E-state index contributed by atoms with van der Waals surface area (Å²) in [5.41, 5.74) is -0.162. The van der Waals surface area contributed by atoms with Gasteiger partial charge in [0.1, 0.15) is 4.88 Å². The Morgan fingerprint density at radius 1 is 1.73 bits per heavy atom. The second kappa shape index (κ2) is 5.55. The van der Waals surface area contributed by atoms with E-state index >= 15 is 0 Å². The zero-order valence-corrected chi connectivity index (χ0v) is 11.2. The van der Waals surface area contributed by atoms with Crippen molar-refractivity contribution in [3.8, 4) is 0 Å². The van der Waals surface area contributed by atoms with Crippen molar-refractivity contribution in [2.45, 2.75) is 32.2 Å². The predicted octanol–water partition coefficient (Wildman–Crippen LogP) is 2.22. The number of halogens is 1. The Morgan fingerprint density at radius 3 is 2.93 bits per heavy atom. The summed E-state index contributed by atoms with van der Waals surface area (Å²) in [7, 11) is 0. The lowest BCUT2D eigenvalue weighted by Crippen LogP contribution is -2.45. The van der Waals surface area contributed by atoms with Crippen LogP contribution in [0.3, 0.4) is 0 Å². The fourth-order valence-electron chi connectivity index (χ4n) is 1.14. The average Bonchev–Trinajstić information content (AvgIpc) is 2.71. The second-order valence-corrected chi connectivity index (χ2v) is 5.17. The van der Waals surface area contributed by atoms with Gasteiger partial charge in [-0.3, -0.25) is 4.79 Å². The third-order valence-corrected chi connectivity index (χ3v) is 3.49. The van der Waals surface area contributed by atoms with Crippen LogP contribution in [0.15, 0.2) is 6.20 Å². The van der Waals surface area contributed by atoms with E-state index in [0.717, 1.165) is 29.7 Å². The molecule has 0 aliphatic carbocycles. The Morgan fingerprint density at radius 2 is 2.47 bits per heavy atom. The summed E-state index contributed by atoms with van der Waals surface area (Å²) in [4.78, 5) is 12.3. The number of carbonyl (C=O) groups is 1. The molecule has 1 unspecified atom stereocenters. The summed E-state index contributed by atoms with van der Waals surface area (Å²) in [6, 6.07) is 0. The minimum absolute atomic E-state index is 0.0877. The second-order valence-electron chi connectivity index (χ2n) is 3.59. The van der Waals surface area contributed by atoms with E-state index in [1.807, 2.05) is 6.92 Å². The highest BCUT2D eigenvalue weighted by Gasteiger charge is 2.24. The molecule has 0 aromatic carbocycles. The van der Waals surface area contributed by atoms with E-state index in [1.54, 1.807) is 0 Å². The Balaban J connectivity index is 2.63. The molecule has 1 atom stereocenters. The normalized spacial score (nSPS) is 14.6. The molecule has 0 radical (unpaired) electrons. The molecule has 1 aromatic heterocycles. The van der Waals surface area contributed by atoms with Gasteiger partial charge in [0, 0.05) is 10.9 Å². The van der Waals surface area contributed by atoms with Crippen LogP contribution >= 0.6 is 27.5 Å². The van der Waals surface area contributed by atoms with Crippen LogP contribution in [0.5, 0.6) is 0 Å². The Kier molecular flexibility index (Phi) is 4.66. The number of carbonyl (C=O) groups excluding carboxylic acids is 1. The van der Waals surface area contributed by atoms with Crippen molar-refractivity contribution in [2.24, 2.45) is 0 Å². The Hall–Kier alpha value is -0.490. The predicted molar refractivity (Wildman–Crippen MR) is 64.5 cm³/mol. The molecule has 0 aliphatic rings. The third-order valence-electron chi connectivity index (χ3n) is 2.43. The Bertz CT molecular complexity index is 317. The van der Waals surface area contributed by atoms with Gasteiger partial charge in [0.2, 0.25) is 0 Å². The smallest absolute Gasteiger partial charge is 0.265 e. The molecule has 1 heterocycles. The number of hydrogen-bond donors (Lipinski definition) is 1. The molecule has 6 heteroatoms. The molecule has 0 saturated heterocycles. The first kappa shape index (κ1) is 12.6. The zero-order chi connectivity index (χ0) is 11.3. The van der Waals surface area contributed by atoms with E-state index in [1.165, 1.54) is 6.20 Å². The first-order chi connectivity index (χ1) is 7.11. The quantitative estimate of drug-likeness (QED) is 0.847. The lowest BCUT2D eigenvalue weighted by molar-refractivity contribution is 0.0906. The summed E-state index contributed by atoms with van der Waals surface area (Å²) < 4.78 is 3.67. The summed E-state index contributed by atoms with van der Waals surface area (Å²) in [5.74, 6) is -0.0877. The lowest BCUT2D eigenvalue weighted by atomic mass is 9.95. The molecule has 1 amide bonds. The van der Waals surface area contributed by atoms with Crippen molar-refractivity contribution in [3.05, 3.63) is 11.1 Å². The monoisotopic (exact) mass is 291 g/mol. The molecule has 4 nitrogen and oxygen atoms in total. The number of aromatic nitrogens is 2. The molecule has 0 fully saturated rings. The van der Waals surface area contributed by atoms with Crippen LogP contribution in [-0.4, -0.2) is 26.4 Å². The van der Waals surface area contributed by atoms with Crippen LogP contribution in [0, 0.1) is 0 Å². The van der Waals surface area contributed by atoms with Gasteiger partial charge in [-0.05, 0) is 31.3 Å². The third kappa shape index (κ3) is 3.53. The van der Waals surface area contributed by atoms with Gasteiger partial charge in [-0.15, -0.1) is 5.10 Å². The van der Waals surface area contributed by atoms with E-state index in [-0.39, 0.29) is 11.4 Å². The highest BCUT2D eigenvalue weighted by molar-refractivity contribution is 9.09. The number of hydrogen-bond acceptors (Lipinski definition) is 4. The molecule has 15 heavy (non-hydrogen) atoms. The maximum Gasteiger partial charge on any atom is 0.265 e. The fraction of sp³-hybridized carbons (Fsp3) is 0.667. The van der Waals surface area contributed by atoms with E-state index in [0.29, 0.717) is 4.88 Å². The van der Waals surface area contributed by atoms with Crippen LogP contribution in [0.1, 0.15) is 36.4 Å². The van der Waals surface area contributed by atoms with Crippen molar-refractivity contribution in [1.29, 1.82) is 0 Å². The number of nitrogens with zero attached hydrogens (tertiary/aromatic N) is 2. The van der Waals surface area contributed by atoms with Gasteiger partial charge in [-0.1, -0.05) is 27.3 Å². The van der Waals surface area contributed by atoms with Gasteiger partial charge >= 0.3 is 0 Å². The molecule has 1 N–H and O–H groups in total. The lowest BCUT2D eigenvalue weighted by Gasteiger charge is -2.28. The number of alkyl halides is 1. The highest BCUT2D eigenvalue weighted by Crippen LogP contribution is 2.17. The van der Waals surface area contributed by atoms with Gasteiger partial charge in [0.15, 0.2) is 0 Å². The van der Waals surface area contributed by atoms with Crippen molar-refractivity contribution in [1.82, 2.24) is 14.9 Å². The molecule has 0 saturated carbocycles. The van der Waals surface area contributed by atoms with Crippen LogP contribution in [-0.2, 0) is 0 Å². The summed E-state index contributed by atoms with van der Waals surface area (Å²) in [6.07, 6.45) is 3.29. The van der Waals surface area contributed by atoms with Crippen LogP contribution in [0.4, 0.5) is 0 Å². The molecule has 0 bridgehead atoms. The van der Waals surface area contributed by atoms with E-state index < -0.39 is 0 Å². The zero-order valence-electron chi connectivity index (χ0n) is 8.79. The molecule has 0 spiro atoms. The molecular weight excluding hydrogens is 278 g/mol. The van der Waals surface area contributed by atoms with Crippen LogP contribution in [0.2, 0.25) is 0 Å². The minimum atomic E-state index is -0.162. The topological polar surface area (TPSA) is 54.9 Å². The maximum absolute atomic E-state index is 11.8. The average molecular weight is 292 g/mol. The first-order valence-electron chi connectivity index (χ1n) is 4.77. The van der Waals surface area contributed by atoms with Crippen molar-refractivity contribution in [2.75, 3.05) is 5.33 Å². The highest BCUT2D eigenvalue weighted by atomic mass is 79.9. The standard InChI is InChI=1S/C9H14BrN3OS/c1-3-9(2,4-5-10)12-8(14)7-6-11-13-15-7/h6H,3-5H2,1-2H3,(H,12,14). The summed E-state index contributed by atoms with van der Waals surface area (Å²) in [5, 5.41) is 7.52. The number of nitrogens with one attached hydrogen (secondary N) is 1. The van der Waals surface area contributed by atoms with Gasteiger partial charge in [0.05, 0.1) is 6.20 Å². The van der Waals surface area contributed by atoms with Crippen molar-refractivity contribution in [3.63, 3.8) is 0 Å². The van der Waals surface area contributed by atoms with E-state index in [9.17, 15) is 4.79 Å². The van der Waals surface area contributed by atoms with Crippen LogP contribution in [0.25, 0.3) is 0 Å². The largest absolute Gasteiger partial charge is 0.346 e. The minimum Gasteiger partial charge on any atom is -0.346 e.